The summed E-state index contributed by atoms with van der Waals surface area (Å²) >= 11 is 0. The van der Waals surface area contributed by atoms with Gasteiger partial charge in [0.1, 0.15) is 11.3 Å². The predicted molar refractivity (Wildman–Crippen MR) is 122 cm³/mol. The van der Waals surface area contributed by atoms with Crippen molar-refractivity contribution in [3.63, 3.8) is 0 Å². The third-order valence-corrected chi connectivity index (χ3v) is 5.48. The van der Waals surface area contributed by atoms with Gasteiger partial charge in [0.05, 0.1) is 18.8 Å². The van der Waals surface area contributed by atoms with E-state index in [4.69, 9.17) is 9.26 Å². The second-order valence-corrected chi connectivity index (χ2v) is 7.61. The predicted octanol–water partition coefficient (Wildman–Crippen LogP) is 1.52. The van der Waals surface area contributed by atoms with Gasteiger partial charge in [-0.1, -0.05) is 17.7 Å². The number of H-pyrrole nitrogens is 1. The molecule has 0 radical (unpaired) electrons. The van der Waals surface area contributed by atoms with Crippen LogP contribution in [0.3, 0.4) is 0 Å². The second-order valence-electron chi connectivity index (χ2n) is 7.61. The van der Waals surface area contributed by atoms with Crippen LogP contribution in [0.15, 0.2) is 41.6 Å². The molecule has 3 heterocycles. The van der Waals surface area contributed by atoms with Crippen molar-refractivity contribution >= 4 is 28.6 Å². The lowest BCUT2D eigenvalue weighted by Gasteiger charge is -2.22. The summed E-state index contributed by atoms with van der Waals surface area (Å²) in [5.74, 6) is 5.86. The first kappa shape index (κ1) is 22.1. The van der Waals surface area contributed by atoms with E-state index in [2.05, 4.69) is 44.4 Å². The molecule has 33 heavy (non-hydrogen) atoms. The Morgan fingerprint density at radius 2 is 2.27 bits per heavy atom. The zero-order valence-electron chi connectivity index (χ0n) is 18.3. The van der Waals surface area contributed by atoms with E-state index >= 15 is 0 Å². The van der Waals surface area contributed by atoms with Gasteiger partial charge in [0.2, 0.25) is 5.91 Å². The third kappa shape index (κ3) is 4.58. The Balaban J connectivity index is 1.54. The van der Waals surface area contributed by atoms with E-state index in [0.29, 0.717) is 47.8 Å². The molecule has 3 N–H and O–H groups in total. The first-order chi connectivity index (χ1) is 16.0. The summed E-state index contributed by atoms with van der Waals surface area (Å²) in [4.78, 5) is 27.0. The minimum Gasteiger partial charge on any atom is -0.383 e. The first-order valence-corrected chi connectivity index (χ1v) is 10.4. The van der Waals surface area contributed by atoms with Crippen LogP contribution in [0.2, 0.25) is 0 Å². The Morgan fingerprint density at radius 1 is 1.42 bits per heavy atom. The van der Waals surface area contributed by atoms with Crippen LogP contribution in [0, 0.1) is 11.8 Å². The number of nitrogens with zero attached hydrogens (tertiary/aromatic N) is 3. The molecule has 0 saturated carbocycles. The Bertz CT molecular complexity index is 1250. The molecule has 10 heteroatoms. The Morgan fingerprint density at radius 3 is 3.03 bits per heavy atom. The fourth-order valence-electron chi connectivity index (χ4n) is 3.92. The number of amides is 2. The number of nitrogens with one attached hydrogen (secondary N) is 3. The molecule has 0 bridgehead atoms. The lowest BCUT2D eigenvalue weighted by Crippen LogP contribution is -2.39. The Hall–Kier alpha value is -4.10. The molecule has 2 aromatic heterocycles. The molecule has 2 atom stereocenters. The Kier molecular flexibility index (Phi) is 6.42. The Labute approximate surface area is 190 Å². The maximum Gasteiger partial charge on any atom is 0.258 e. The number of methoxy groups -OCH3 is 1. The van der Waals surface area contributed by atoms with E-state index in [0.717, 1.165) is 5.39 Å². The smallest absolute Gasteiger partial charge is 0.258 e. The lowest BCUT2D eigenvalue weighted by atomic mass is 10.1. The normalized spacial score (nSPS) is 17.5. The molecule has 2 amide bonds. The fourth-order valence-corrected chi connectivity index (χ4v) is 3.92. The number of anilines is 1. The van der Waals surface area contributed by atoms with Gasteiger partial charge < -0.3 is 24.8 Å². The van der Waals surface area contributed by atoms with Crippen molar-refractivity contribution in [3.8, 4) is 11.8 Å². The molecule has 0 unspecified atom stereocenters. The second kappa shape index (κ2) is 9.58. The summed E-state index contributed by atoms with van der Waals surface area (Å²) in [6.07, 6.45) is 3.48. The largest absolute Gasteiger partial charge is 0.383 e. The van der Waals surface area contributed by atoms with Crippen molar-refractivity contribution in [1.82, 2.24) is 25.6 Å². The lowest BCUT2D eigenvalue weighted by molar-refractivity contribution is -0.127. The van der Waals surface area contributed by atoms with E-state index in [1.807, 2.05) is 12.1 Å². The van der Waals surface area contributed by atoms with Crippen LogP contribution in [-0.4, -0.2) is 71.5 Å². The summed E-state index contributed by atoms with van der Waals surface area (Å²) in [7, 11) is 3.26. The summed E-state index contributed by atoms with van der Waals surface area (Å²) in [6.45, 7) is 4.31. The summed E-state index contributed by atoms with van der Waals surface area (Å²) in [5.41, 5.74) is 2.02. The molecule has 170 valence electrons. The summed E-state index contributed by atoms with van der Waals surface area (Å²) in [5, 5.41) is 17.5. The van der Waals surface area contributed by atoms with Gasteiger partial charge in [-0.05, 0) is 36.6 Å². The first-order valence-electron chi connectivity index (χ1n) is 10.4. The average Bonchev–Trinajstić information content (AvgIpc) is 3.55. The number of ether oxygens (including phenoxy) is 1. The number of rotatable bonds is 6. The van der Waals surface area contributed by atoms with Crippen LogP contribution in [0.4, 0.5) is 5.82 Å². The highest BCUT2D eigenvalue weighted by Gasteiger charge is 2.35. The van der Waals surface area contributed by atoms with Gasteiger partial charge in [0.15, 0.2) is 11.4 Å². The van der Waals surface area contributed by atoms with Gasteiger partial charge in [-0.15, -0.1) is 0 Å². The van der Waals surface area contributed by atoms with Crippen molar-refractivity contribution in [2.45, 2.75) is 18.5 Å². The molecule has 1 aliphatic heterocycles. The molecule has 1 aromatic carbocycles. The van der Waals surface area contributed by atoms with E-state index < -0.39 is 0 Å². The molecular formula is C23H24N6O4. The molecule has 10 nitrogen and oxygen atoms in total. The van der Waals surface area contributed by atoms with Crippen molar-refractivity contribution in [1.29, 1.82) is 0 Å². The van der Waals surface area contributed by atoms with Crippen molar-refractivity contribution < 1.29 is 18.8 Å². The number of carbonyl (C=O) groups is 2. The van der Waals surface area contributed by atoms with Crippen LogP contribution in [0.1, 0.15) is 28.0 Å². The van der Waals surface area contributed by atoms with Crippen LogP contribution in [0.5, 0.6) is 0 Å². The summed E-state index contributed by atoms with van der Waals surface area (Å²) < 4.78 is 10.4. The molecule has 4 rings (SSSR count). The average molecular weight is 448 g/mol. The van der Waals surface area contributed by atoms with Crippen LogP contribution in [-0.2, 0) is 9.53 Å². The monoisotopic (exact) mass is 448 g/mol. The zero-order valence-corrected chi connectivity index (χ0v) is 18.3. The molecule has 3 aromatic rings. The highest BCUT2D eigenvalue weighted by atomic mass is 16.5. The topological polar surface area (TPSA) is 125 Å². The van der Waals surface area contributed by atoms with Crippen molar-refractivity contribution in [2.75, 3.05) is 32.6 Å². The number of benzene rings is 1. The highest BCUT2D eigenvalue weighted by molar-refractivity contribution is 6.01. The number of aromatic nitrogens is 3. The van der Waals surface area contributed by atoms with E-state index in [1.165, 1.54) is 6.08 Å². The number of likely N-dealkylation sites (tertiary alicyclic amines) is 1. The molecular weight excluding hydrogens is 424 g/mol. The molecule has 0 aliphatic carbocycles. The van der Waals surface area contributed by atoms with Crippen LogP contribution >= 0.6 is 0 Å². The quantitative estimate of drug-likeness (QED) is 0.386. The standard InChI is InChI=1S/C23H24N6O4/c1-4-20(30)29-12-16(10-17(29)13-32-3)26-23(31)21-18(27-28-22(21)24-2)8-6-14-5-7-15-11-25-33-19(15)9-14/h4-5,7,9,11,16-17H,1,10,12-13H2,2-3H3,(H,26,31)(H2,24,27,28)/t16-,17+/m0/s1. The molecule has 1 aliphatic rings. The molecule has 0 spiro atoms. The van der Waals surface area contributed by atoms with Gasteiger partial charge in [0.25, 0.3) is 5.91 Å². The zero-order chi connectivity index (χ0) is 23.4. The maximum absolute atomic E-state index is 13.2. The molecule has 1 saturated heterocycles. The van der Waals surface area contributed by atoms with Gasteiger partial charge in [-0.3, -0.25) is 14.7 Å². The van der Waals surface area contributed by atoms with Crippen molar-refractivity contribution in [3.05, 3.63) is 53.9 Å². The number of hydrogen-bond donors (Lipinski definition) is 3. The van der Waals surface area contributed by atoms with E-state index in [1.54, 1.807) is 31.3 Å². The SMILES string of the molecule is C=CC(=O)N1C[C@@H](NC(=O)c2c(NC)n[nH]c2C#Cc2ccc3cnoc3c2)C[C@@H]1COC. The number of fused-ring (bicyclic) bond motifs is 1. The third-order valence-electron chi connectivity index (χ3n) is 5.48. The maximum atomic E-state index is 13.2. The van der Waals surface area contributed by atoms with Crippen molar-refractivity contribution in [2.24, 2.45) is 0 Å². The highest BCUT2D eigenvalue weighted by Crippen LogP contribution is 2.21. The van der Waals surface area contributed by atoms with Crippen LogP contribution < -0.4 is 10.6 Å². The van der Waals surface area contributed by atoms with E-state index in [9.17, 15) is 9.59 Å². The van der Waals surface area contributed by atoms with Gasteiger partial charge >= 0.3 is 0 Å². The van der Waals surface area contributed by atoms with Gasteiger partial charge in [-0.25, -0.2) is 0 Å². The van der Waals surface area contributed by atoms with Crippen LogP contribution in [0.25, 0.3) is 11.0 Å². The fraction of sp³-hybridized carbons (Fsp3) is 0.304. The van der Waals surface area contributed by atoms with Gasteiger partial charge in [-0.2, -0.15) is 5.10 Å². The number of aromatic amines is 1. The number of hydrogen-bond acceptors (Lipinski definition) is 7. The van der Waals surface area contributed by atoms with E-state index in [-0.39, 0.29) is 23.9 Å². The number of carbonyl (C=O) groups excluding carboxylic acids is 2. The summed E-state index contributed by atoms with van der Waals surface area (Å²) in [6, 6.07) is 5.12. The molecule has 1 fully saturated rings. The minimum absolute atomic E-state index is 0.135. The minimum atomic E-state index is -0.336. The van der Waals surface area contributed by atoms with Gasteiger partial charge in [0, 0.05) is 37.7 Å².